The van der Waals surface area contributed by atoms with Crippen molar-refractivity contribution in [2.45, 2.75) is 51.0 Å². The SMILES string of the molecule is O=C(CN1CCCC1CN1CCCCC1)Nc1ccccc1N1CCCC1=O. The van der Waals surface area contributed by atoms with Crippen LogP contribution in [-0.4, -0.2) is 66.9 Å². The molecule has 1 atom stereocenters. The first kappa shape index (κ1) is 19.4. The smallest absolute Gasteiger partial charge is 0.238 e. The van der Waals surface area contributed by atoms with E-state index in [2.05, 4.69) is 15.1 Å². The van der Waals surface area contributed by atoms with E-state index in [1.807, 2.05) is 24.3 Å². The van der Waals surface area contributed by atoms with Gasteiger partial charge in [-0.1, -0.05) is 18.6 Å². The van der Waals surface area contributed by atoms with Gasteiger partial charge in [0.15, 0.2) is 0 Å². The van der Waals surface area contributed by atoms with Crippen LogP contribution in [0.4, 0.5) is 11.4 Å². The number of likely N-dealkylation sites (tertiary alicyclic amines) is 2. The first-order valence-electron chi connectivity index (χ1n) is 10.9. The molecule has 0 radical (unpaired) electrons. The summed E-state index contributed by atoms with van der Waals surface area (Å²) in [5, 5.41) is 3.07. The summed E-state index contributed by atoms with van der Waals surface area (Å²) in [6.45, 7) is 5.66. The van der Waals surface area contributed by atoms with E-state index in [1.54, 1.807) is 4.90 Å². The highest BCUT2D eigenvalue weighted by atomic mass is 16.2. The Labute approximate surface area is 167 Å². The molecule has 1 N–H and O–H groups in total. The number of carbonyl (C=O) groups excluding carboxylic acids is 2. The van der Waals surface area contributed by atoms with Gasteiger partial charge >= 0.3 is 0 Å². The van der Waals surface area contributed by atoms with Crippen LogP contribution in [0.2, 0.25) is 0 Å². The Bertz CT molecular complexity index is 702. The number of nitrogens with one attached hydrogen (secondary N) is 1. The summed E-state index contributed by atoms with van der Waals surface area (Å²) in [6.07, 6.45) is 7.79. The van der Waals surface area contributed by atoms with Crippen molar-refractivity contribution in [3.63, 3.8) is 0 Å². The average molecular weight is 385 g/mol. The maximum absolute atomic E-state index is 12.8. The van der Waals surface area contributed by atoms with Crippen molar-refractivity contribution in [1.29, 1.82) is 0 Å². The molecule has 3 heterocycles. The molecule has 1 aromatic carbocycles. The van der Waals surface area contributed by atoms with Crippen LogP contribution in [0, 0.1) is 0 Å². The fraction of sp³-hybridized carbons (Fsp3) is 0.636. The molecule has 6 heteroatoms. The maximum Gasteiger partial charge on any atom is 0.238 e. The van der Waals surface area contributed by atoms with Gasteiger partial charge in [0.1, 0.15) is 0 Å². The van der Waals surface area contributed by atoms with Gasteiger partial charge in [0.05, 0.1) is 17.9 Å². The molecule has 0 saturated carbocycles. The van der Waals surface area contributed by atoms with E-state index in [0.29, 0.717) is 19.0 Å². The standard InChI is InChI=1S/C22H32N4O2/c27-21(17-25-14-6-8-18(25)16-24-12-4-1-5-13-24)23-19-9-2-3-10-20(19)26-15-7-11-22(26)28/h2-3,9-10,18H,1,4-8,11-17H2,(H,23,27). The number of rotatable bonds is 6. The van der Waals surface area contributed by atoms with E-state index in [-0.39, 0.29) is 11.8 Å². The molecule has 28 heavy (non-hydrogen) atoms. The highest BCUT2D eigenvalue weighted by Crippen LogP contribution is 2.29. The minimum atomic E-state index is 0.0182. The number of anilines is 2. The van der Waals surface area contributed by atoms with Crippen LogP contribution in [-0.2, 0) is 9.59 Å². The van der Waals surface area contributed by atoms with Gasteiger partial charge in [0.25, 0.3) is 0 Å². The van der Waals surface area contributed by atoms with Crippen molar-refractivity contribution >= 4 is 23.2 Å². The molecule has 0 aromatic heterocycles. The predicted molar refractivity (Wildman–Crippen MR) is 112 cm³/mol. The Hall–Kier alpha value is -1.92. The lowest BCUT2D eigenvalue weighted by Gasteiger charge is -2.32. The van der Waals surface area contributed by atoms with Crippen molar-refractivity contribution in [1.82, 2.24) is 9.80 Å². The molecule has 3 fully saturated rings. The van der Waals surface area contributed by atoms with E-state index in [4.69, 9.17) is 0 Å². The Morgan fingerprint density at radius 1 is 1.00 bits per heavy atom. The Kier molecular flexibility index (Phi) is 6.27. The van der Waals surface area contributed by atoms with Gasteiger partial charge in [-0.3, -0.25) is 14.5 Å². The zero-order valence-electron chi connectivity index (χ0n) is 16.7. The molecule has 0 bridgehead atoms. The quantitative estimate of drug-likeness (QED) is 0.819. The minimum Gasteiger partial charge on any atom is -0.323 e. The molecule has 0 aliphatic carbocycles. The number of amides is 2. The summed E-state index contributed by atoms with van der Waals surface area (Å²) in [7, 11) is 0. The molecule has 0 spiro atoms. The van der Waals surface area contributed by atoms with Crippen LogP contribution in [0.3, 0.4) is 0 Å². The second kappa shape index (κ2) is 9.05. The second-order valence-corrected chi connectivity index (χ2v) is 8.34. The van der Waals surface area contributed by atoms with Crippen LogP contribution in [0.15, 0.2) is 24.3 Å². The lowest BCUT2D eigenvalue weighted by molar-refractivity contribution is -0.118. The van der Waals surface area contributed by atoms with Gasteiger partial charge in [-0.25, -0.2) is 0 Å². The monoisotopic (exact) mass is 384 g/mol. The van der Waals surface area contributed by atoms with Gasteiger partial charge in [-0.05, 0) is 63.9 Å². The van der Waals surface area contributed by atoms with Gasteiger partial charge < -0.3 is 15.1 Å². The molecule has 3 aliphatic heterocycles. The summed E-state index contributed by atoms with van der Waals surface area (Å²) in [5.74, 6) is 0.160. The molecular formula is C22H32N4O2. The Morgan fingerprint density at radius 2 is 1.82 bits per heavy atom. The summed E-state index contributed by atoms with van der Waals surface area (Å²) < 4.78 is 0. The van der Waals surface area contributed by atoms with E-state index in [0.717, 1.165) is 37.4 Å². The van der Waals surface area contributed by atoms with Crippen molar-refractivity contribution in [2.75, 3.05) is 49.5 Å². The largest absolute Gasteiger partial charge is 0.323 e. The van der Waals surface area contributed by atoms with E-state index in [1.165, 1.54) is 45.2 Å². The first-order chi connectivity index (χ1) is 13.7. The topological polar surface area (TPSA) is 55.9 Å². The number of hydrogen-bond acceptors (Lipinski definition) is 4. The van der Waals surface area contributed by atoms with Gasteiger partial charge in [0.2, 0.25) is 11.8 Å². The summed E-state index contributed by atoms with van der Waals surface area (Å²) in [6, 6.07) is 8.14. The number of hydrogen-bond donors (Lipinski definition) is 1. The number of piperidine rings is 1. The van der Waals surface area contributed by atoms with Gasteiger partial charge in [0, 0.05) is 25.6 Å². The third kappa shape index (κ3) is 4.55. The molecule has 1 aromatic rings. The molecular weight excluding hydrogens is 352 g/mol. The normalized spacial score (nSPS) is 24.1. The maximum atomic E-state index is 12.8. The zero-order chi connectivity index (χ0) is 19.3. The second-order valence-electron chi connectivity index (χ2n) is 8.34. The molecule has 6 nitrogen and oxygen atoms in total. The fourth-order valence-corrected chi connectivity index (χ4v) is 4.84. The number of nitrogens with zero attached hydrogens (tertiary/aromatic N) is 3. The van der Waals surface area contributed by atoms with Crippen molar-refractivity contribution < 1.29 is 9.59 Å². The zero-order valence-corrected chi connectivity index (χ0v) is 16.7. The molecule has 2 amide bonds. The Morgan fingerprint density at radius 3 is 2.61 bits per heavy atom. The van der Waals surface area contributed by atoms with E-state index < -0.39 is 0 Å². The molecule has 3 saturated heterocycles. The van der Waals surface area contributed by atoms with Gasteiger partial charge in [-0.15, -0.1) is 0 Å². The highest BCUT2D eigenvalue weighted by Gasteiger charge is 2.29. The average Bonchev–Trinajstić information content (AvgIpc) is 3.32. The van der Waals surface area contributed by atoms with Crippen molar-refractivity contribution in [3.8, 4) is 0 Å². The lowest BCUT2D eigenvalue weighted by atomic mass is 10.1. The van der Waals surface area contributed by atoms with Crippen molar-refractivity contribution in [3.05, 3.63) is 24.3 Å². The van der Waals surface area contributed by atoms with Gasteiger partial charge in [-0.2, -0.15) is 0 Å². The number of para-hydroxylation sites is 2. The van der Waals surface area contributed by atoms with Crippen LogP contribution in [0.25, 0.3) is 0 Å². The Balaban J connectivity index is 1.36. The number of benzene rings is 1. The molecule has 3 aliphatic rings. The van der Waals surface area contributed by atoms with Crippen LogP contribution >= 0.6 is 0 Å². The molecule has 1 unspecified atom stereocenters. The predicted octanol–water partition coefficient (Wildman–Crippen LogP) is 2.70. The third-order valence-corrected chi connectivity index (χ3v) is 6.31. The van der Waals surface area contributed by atoms with Crippen molar-refractivity contribution in [2.24, 2.45) is 0 Å². The summed E-state index contributed by atoms with van der Waals surface area (Å²) in [4.78, 5) is 31.6. The first-order valence-corrected chi connectivity index (χ1v) is 10.9. The third-order valence-electron chi connectivity index (χ3n) is 6.31. The summed E-state index contributed by atoms with van der Waals surface area (Å²) in [5.41, 5.74) is 1.57. The van der Waals surface area contributed by atoms with Crippen LogP contribution in [0.5, 0.6) is 0 Å². The van der Waals surface area contributed by atoms with Crippen LogP contribution in [0.1, 0.15) is 44.9 Å². The highest BCUT2D eigenvalue weighted by molar-refractivity contribution is 6.02. The molecule has 4 rings (SSSR count). The van der Waals surface area contributed by atoms with E-state index in [9.17, 15) is 9.59 Å². The molecule has 152 valence electrons. The lowest BCUT2D eigenvalue weighted by Crippen LogP contribution is -2.44. The van der Waals surface area contributed by atoms with Crippen LogP contribution < -0.4 is 10.2 Å². The fourth-order valence-electron chi connectivity index (χ4n) is 4.84. The minimum absolute atomic E-state index is 0.0182. The number of carbonyl (C=O) groups is 2. The summed E-state index contributed by atoms with van der Waals surface area (Å²) >= 11 is 0. The van der Waals surface area contributed by atoms with E-state index >= 15 is 0 Å².